The van der Waals surface area contributed by atoms with Gasteiger partial charge < -0.3 is 9.84 Å². The normalized spacial score (nSPS) is 46.4. The first kappa shape index (κ1) is 9.97. The molecule has 3 aliphatic carbocycles. The molecule has 2 bridgehead atoms. The first-order chi connectivity index (χ1) is 6.46. The van der Waals surface area contributed by atoms with E-state index in [-0.39, 0.29) is 23.1 Å². The third-order valence-electron chi connectivity index (χ3n) is 4.03. The van der Waals surface area contributed by atoms with Crippen molar-refractivity contribution in [1.29, 1.82) is 0 Å². The van der Waals surface area contributed by atoms with Gasteiger partial charge in [-0.2, -0.15) is 0 Å². The van der Waals surface area contributed by atoms with Crippen molar-refractivity contribution in [3.8, 4) is 0 Å². The average molecular weight is 198 g/mol. The molecule has 80 valence electrons. The number of esters is 1. The molecular weight excluding hydrogens is 180 g/mol. The zero-order valence-corrected chi connectivity index (χ0v) is 8.88. The van der Waals surface area contributed by atoms with Gasteiger partial charge in [-0.1, -0.05) is 6.92 Å². The maximum atomic E-state index is 11.0. The van der Waals surface area contributed by atoms with Crippen LogP contribution in [0.1, 0.15) is 46.0 Å². The highest BCUT2D eigenvalue weighted by atomic mass is 16.6. The van der Waals surface area contributed by atoms with Gasteiger partial charge in [-0.3, -0.25) is 4.79 Å². The number of carbonyl (C=O) groups is 1. The Bertz CT molecular complexity index is 251. The Morgan fingerprint density at radius 2 is 1.93 bits per heavy atom. The van der Waals surface area contributed by atoms with Crippen molar-refractivity contribution < 1.29 is 14.6 Å². The predicted octanol–water partition coefficient (Wildman–Crippen LogP) is 1.63. The lowest BCUT2D eigenvalue weighted by Crippen LogP contribution is -2.54. The Morgan fingerprint density at radius 1 is 1.36 bits per heavy atom. The van der Waals surface area contributed by atoms with E-state index in [9.17, 15) is 9.90 Å². The van der Waals surface area contributed by atoms with E-state index >= 15 is 0 Å². The minimum Gasteiger partial charge on any atom is -0.459 e. The standard InChI is InChI=1S/C11H18O3/c1-8(12)14-11-5-3-10(2,4-6-11)9(13)7-11/h9,13H,3-7H2,1-2H3. The van der Waals surface area contributed by atoms with Gasteiger partial charge in [0.1, 0.15) is 5.60 Å². The second-order valence-electron chi connectivity index (χ2n) is 5.15. The summed E-state index contributed by atoms with van der Waals surface area (Å²) in [6, 6.07) is 0. The van der Waals surface area contributed by atoms with Gasteiger partial charge in [0, 0.05) is 13.3 Å². The third kappa shape index (κ3) is 1.44. The lowest BCUT2D eigenvalue weighted by Gasteiger charge is -2.53. The van der Waals surface area contributed by atoms with Gasteiger partial charge in [-0.15, -0.1) is 0 Å². The van der Waals surface area contributed by atoms with Crippen molar-refractivity contribution in [2.45, 2.75) is 57.7 Å². The number of fused-ring (bicyclic) bond motifs is 3. The zero-order valence-electron chi connectivity index (χ0n) is 8.88. The first-order valence-electron chi connectivity index (χ1n) is 5.34. The highest BCUT2D eigenvalue weighted by Gasteiger charge is 2.53. The molecule has 3 fully saturated rings. The van der Waals surface area contributed by atoms with Crippen molar-refractivity contribution in [3.63, 3.8) is 0 Å². The van der Waals surface area contributed by atoms with Gasteiger partial charge in [0.2, 0.25) is 0 Å². The molecule has 0 amide bonds. The number of hydrogen-bond acceptors (Lipinski definition) is 3. The number of hydrogen-bond donors (Lipinski definition) is 1. The smallest absolute Gasteiger partial charge is 0.303 e. The number of ether oxygens (including phenoxy) is 1. The van der Waals surface area contributed by atoms with Gasteiger partial charge in [0.05, 0.1) is 6.10 Å². The van der Waals surface area contributed by atoms with Crippen LogP contribution in [0.25, 0.3) is 0 Å². The van der Waals surface area contributed by atoms with Crippen LogP contribution < -0.4 is 0 Å². The van der Waals surface area contributed by atoms with Crippen LogP contribution in [0.15, 0.2) is 0 Å². The molecule has 0 aromatic carbocycles. The fourth-order valence-corrected chi connectivity index (χ4v) is 2.86. The fourth-order valence-electron chi connectivity index (χ4n) is 2.86. The maximum absolute atomic E-state index is 11.0. The summed E-state index contributed by atoms with van der Waals surface area (Å²) in [4.78, 5) is 11.0. The van der Waals surface area contributed by atoms with Crippen LogP contribution in [-0.4, -0.2) is 22.8 Å². The molecule has 1 N–H and O–H groups in total. The van der Waals surface area contributed by atoms with Crippen LogP contribution in [0.4, 0.5) is 0 Å². The Labute approximate surface area is 84.4 Å². The summed E-state index contributed by atoms with van der Waals surface area (Å²) in [5.41, 5.74) is -0.273. The summed E-state index contributed by atoms with van der Waals surface area (Å²) in [5, 5.41) is 9.95. The SMILES string of the molecule is CC(=O)OC12CCC(C)(CC1)C(O)C2. The molecule has 3 saturated carbocycles. The van der Waals surface area contributed by atoms with E-state index in [0.717, 1.165) is 25.7 Å². The Hall–Kier alpha value is -0.570. The van der Waals surface area contributed by atoms with Crippen LogP contribution in [-0.2, 0) is 9.53 Å². The van der Waals surface area contributed by atoms with Gasteiger partial charge >= 0.3 is 5.97 Å². The molecule has 0 saturated heterocycles. The van der Waals surface area contributed by atoms with Gasteiger partial charge in [0.25, 0.3) is 0 Å². The van der Waals surface area contributed by atoms with Gasteiger partial charge in [-0.25, -0.2) is 0 Å². The summed E-state index contributed by atoms with van der Waals surface area (Å²) in [7, 11) is 0. The largest absolute Gasteiger partial charge is 0.459 e. The number of aliphatic hydroxyl groups excluding tert-OH is 1. The van der Waals surface area contributed by atoms with E-state index in [1.807, 2.05) is 0 Å². The van der Waals surface area contributed by atoms with Crippen molar-refractivity contribution in [1.82, 2.24) is 0 Å². The number of aliphatic hydroxyl groups is 1. The highest BCUT2D eigenvalue weighted by molar-refractivity contribution is 5.66. The molecule has 3 nitrogen and oxygen atoms in total. The fraction of sp³-hybridized carbons (Fsp3) is 0.909. The number of carbonyl (C=O) groups excluding carboxylic acids is 1. The predicted molar refractivity (Wildman–Crippen MR) is 51.7 cm³/mol. The molecule has 3 rings (SSSR count). The van der Waals surface area contributed by atoms with E-state index in [0.29, 0.717) is 6.42 Å². The summed E-state index contributed by atoms with van der Waals surface area (Å²) in [6.07, 6.45) is 4.11. The molecule has 0 radical (unpaired) electrons. The van der Waals surface area contributed by atoms with E-state index in [4.69, 9.17) is 4.74 Å². The van der Waals surface area contributed by atoms with E-state index in [1.54, 1.807) is 0 Å². The van der Waals surface area contributed by atoms with Crippen LogP contribution in [0.5, 0.6) is 0 Å². The summed E-state index contributed by atoms with van der Waals surface area (Å²) < 4.78 is 5.38. The minimum atomic E-state index is -0.344. The van der Waals surface area contributed by atoms with Crippen molar-refractivity contribution in [2.75, 3.05) is 0 Å². The quantitative estimate of drug-likeness (QED) is 0.651. The highest BCUT2D eigenvalue weighted by Crippen LogP contribution is 2.53. The van der Waals surface area contributed by atoms with Crippen molar-refractivity contribution in [2.24, 2.45) is 5.41 Å². The van der Waals surface area contributed by atoms with Gasteiger partial charge in [0.15, 0.2) is 0 Å². The lowest BCUT2D eigenvalue weighted by atomic mass is 9.58. The Balaban J connectivity index is 2.14. The van der Waals surface area contributed by atoms with E-state index in [1.165, 1.54) is 6.92 Å². The minimum absolute atomic E-state index is 0.0713. The Morgan fingerprint density at radius 3 is 2.36 bits per heavy atom. The lowest BCUT2D eigenvalue weighted by molar-refractivity contribution is -0.192. The van der Waals surface area contributed by atoms with Crippen LogP contribution in [0.2, 0.25) is 0 Å². The van der Waals surface area contributed by atoms with E-state index < -0.39 is 0 Å². The first-order valence-corrected chi connectivity index (χ1v) is 5.34. The van der Waals surface area contributed by atoms with Crippen molar-refractivity contribution >= 4 is 5.97 Å². The van der Waals surface area contributed by atoms with E-state index in [2.05, 4.69) is 6.92 Å². The van der Waals surface area contributed by atoms with Crippen molar-refractivity contribution in [3.05, 3.63) is 0 Å². The topological polar surface area (TPSA) is 46.5 Å². The molecule has 0 aromatic rings. The molecule has 0 aliphatic heterocycles. The molecule has 0 heterocycles. The Kier molecular flexibility index (Phi) is 2.11. The molecule has 0 aromatic heterocycles. The maximum Gasteiger partial charge on any atom is 0.303 e. The molecule has 3 heteroatoms. The molecule has 0 spiro atoms. The molecule has 1 atom stereocenters. The monoisotopic (exact) mass is 198 g/mol. The summed E-state index contributed by atoms with van der Waals surface area (Å²) in [5.74, 6) is -0.220. The van der Waals surface area contributed by atoms with Crippen LogP contribution in [0, 0.1) is 5.41 Å². The average Bonchev–Trinajstić information content (AvgIpc) is 2.07. The summed E-state index contributed by atoms with van der Waals surface area (Å²) >= 11 is 0. The summed E-state index contributed by atoms with van der Waals surface area (Å²) in [6.45, 7) is 3.58. The molecule has 1 unspecified atom stereocenters. The second kappa shape index (κ2) is 2.96. The third-order valence-corrected chi connectivity index (χ3v) is 4.03. The van der Waals surface area contributed by atoms with Gasteiger partial charge in [-0.05, 0) is 31.1 Å². The molecule has 14 heavy (non-hydrogen) atoms. The molecule has 3 aliphatic rings. The van der Waals surface area contributed by atoms with Crippen LogP contribution >= 0.6 is 0 Å². The van der Waals surface area contributed by atoms with Crippen LogP contribution in [0.3, 0.4) is 0 Å². The molecular formula is C11H18O3. The zero-order chi connectivity index (χ0) is 10.4. The number of rotatable bonds is 1. The second-order valence-corrected chi connectivity index (χ2v) is 5.15.